The summed E-state index contributed by atoms with van der Waals surface area (Å²) in [7, 11) is 0.818. The lowest BCUT2D eigenvalue weighted by Crippen LogP contribution is -2.41. The molecular formula is C17H10ClF4N3O3S. The summed E-state index contributed by atoms with van der Waals surface area (Å²) in [6.45, 7) is 0. The second kappa shape index (κ2) is 7.56. The standard InChI is InChI=1S/C17H10ClF4N3O3S/c1-24-13(17(20,21)22)7-14(26)25(16(24)28)10-6-12(8(18)5-9(10)19)29-11-3-2-4-23-15(11)27/h2-7H,1H3,(H,23,27). The van der Waals surface area contributed by atoms with Crippen molar-refractivity contribution in [3.63, 3.8) is 0 Å². The molecule has 3 aromatic rings. The van der Waals surface area contributed by atoms with Crippen molar-refractivity contribution in [1.82, 2.24) is 14.1 Å². The third-order valence-electron chi connectivity index (χ3n) is 3.82. The van der Waals surface area contributed by atoms with Crippen LogP contribution in [0.1, 0.15) is 5.69 Å². The second-order valence-electron chi connectivity index (χ2n) is 5.70. The largest absolute Gasteiger partial charge is 0.492 e. The summed E-state index contributed by atoms with van der Waals surface area (Å²) in [5.41, 5.74) is -4.79. The monoisotopic (exact) mass is 447 g/mol. The average molecular weight is 448 g/mol. The fraction of sp³-hybridized carbons (Fsp3) is 0.118. The second-order valence-corrected chi connectivity index (χ2v) is 7.19. The molecule has 2 heterocycles. The molecule has 0 aliphatic rings. The molecule has 0 fully saturated rings. The molecule has 0 saturated heterocycles. The molecule has 0 atom stereocenters. The highest BCUT2D eigenvalue weighted by Gasteiger charge is 2.35. The van der Waals surface area contributed by atoms with Gasteiger partial charge in [-0.1, -0.05) is 23.4 Å². The zero-order valence-electron chi connectivity index (χ0n) is 14.4. The summed E-state index contributed by atoms with van der Waals surface area (Å²) in [6, 6.07) is 5.07. The van der Waals surface area contributed by atoms with Crippen molar-refractivity contribution in [2.24, 2.45) is 7.05 Å². The molecule has 0 amide bonds. The predicted molar refractivity (Wildman–Crippen MR) is 97.3 cm³/mol. The minimum atomic E-state index is -4.94. The van der Waals surface area contributed by atoms with Crippen LogP contribution >= 0.6 is 23.4 Å². The zero-order chi connectivity index (χ0) is 21.5. The fourth-order valence-corrected chi connectivity index (χ4v) is 3.59. The molecule has 3 rings (SSSR count). The van der Waals surface area contributed by atoms with Gasteiger partial charge in [-0.15, -0.1) is 0 Å². The van der Waals surface area contributed by atoms with E-state index in [0.717, 1.165) is 30.9 Å². The van der Waals surface area contributed by atoms with E-state index in [1.165, 1.54) is 18.3 Å². The predicted octanol–water partition coefficient (Wildman–Crippen LogP) is 3.60. The summed E-state index contributed by atoms with van der Waals surface area (Å²) in [5.74, 6) is -1.42. The van der Waals surface area contributed by atoms with Gasteiger partial charge in [0.1, 0.15) is 11.5 Å². The molecule has 152 valence electrons. The van der Waals surface area contributed by atoms with Crippen LogP contribution in [0.2, 0.25) is 5.02 Å². The van der Waals surface area contributed by atoms with Crippen molar-refractivity contribution >= 4 is 23.4 Å². The average Bonchev–Trinajstić information content (AvgIpc) is 2.62. The van der Waals surface area contributed by atoms with E-state index in [1.54, 1.807) is 0 Å². The van der Waals surface area contributed by atoms with Gasteiger partial charge in [-0.25, -0.2) is 18.7 Å². The molecule has 0 spiro atoms. The zero-order valence-corrected chi connectivity index (χ0v) is 15.9. The van der Waals surface area contributed by atoms with Gasteiger partial charge >= 0.3 is 11.9 Å². The summed E-state index contributed by atoms with van der Waals surface area (Å²) in [6.07, 6.45) is -3.61. The number of aromatic nitrogens is 3. The Balaban J connectivity index is 2.20. The smallest absolute Gasteiger partial charge is 0.431 e. The van der Waals surface area contributed by atoms with Crippen LogP contribution in [0.15, 0.2) is 55.9 Å². The van der Waals surface area contributed by atoms with Crippen LogP contribution in [0.5, 0.6) is 5.88 Å². The maximum absolute atomic E-state index is 14.5. The Labute approximate surface area is 169 Å². The van der Waals surface area contributed by atoms with E-state index < -0.39 is 34.6 Å². The topological polar surface area (TPSA) is 77.1 Å². The Hall–Kier alpha value is -2.79. The van der Waals surface area contributed by atoms with Crippen molar-refractivity contribution in [3.8, 4) is 11.6 Å². The van der Waals surface area contributed by atoms with Crippen LogP contribution in [0, 0.1) is 5.82 Å². The Bertz CT molecular complexity index is 1220. The van der Waals surface area contributed by atoms with E-state index in [9.17, 15) is 32.3 Å². The van der Waals surface area contributed by atoms with E-state index in [4.69, 9.17) is 11.6 Å². The lowest BCUT2D eigenvalue weighted by Gasteiger charge is -2.15. The molecule has 0 aliphatic heterocycles. The van der Waals surface area contributed by atoms with Gasteiger partial charge in [0.15, 0.2) is 0 Å². The summed E-state index contributed by atoms with van der Waals surface area (Å²) < 4.78 is 53.9. The number of hydrogen-bond donors (Lipinski definition) is 1. The van der Waals surface area contributed by atoms with Gasteiger partial charge in [0.2, 0.25) is 5.88 Å². The van der Waals surface area contributed by atoms with Gasteiger partial charge < -0.3 is 5.11 Å². The first kappa shape index (κ1) is 20.9. The molecule has 2 aromatic heterocycles. The van der Waals surface area contributed by atoms with Crippen LogP contribution in [0.25, 0.3) is 5.69 Å². The van der Waals surface area contributed by atoms with E-state index in [1.807, 2.05) is 0 Å². The molecular weight excluding hydrogens is 438 g/mol. The summed E-state index contributed by atoms with van der Waals surface area (Å²) in [5, 5.41) is 9.67. The third kappa shape index (κ3) is 4.01. The van der Waals surface area contributed by atoms with E-state index >= 15 is 0 Å². The van der Waals surface area contributed by atoms with Crippen LogP contribution < -0.4 is 11.2 Å². The molecule has 6 nitrogen and oxygen atoms in total. The van der Waals surface area contributed by atoms with Crippen molar-refractivity contribution in [2.75, 3.05) is 0 Å². The number of aromatic hydroxyl groups is 1. The van der Waals surface area contributed by atoms with E-state index in [0.29, 0.717) is 0 Å². The highest BCUT2D eigenvalue weighted by molar-refractivity contribution is 7.99. The number of alkyl halides is 3. The minimum Gasteiger partial charge on any atom is -0.492 e. The van der Waals surface area contributed by atoms with Crippen molar-refractivity contribution in [2.45, 2.75) is 16.0 Å². The van der Waals surface area contributed by atoms with Crippen molar-refractivity contribution in [3.05, 3.63) is 73.9 Å². The van der Waals surface area contributed by atoms with Gasteiger partial charge in [0, 0.05) is 24.2 Å². The Morgan fingerprint density at radius 1 is 1.17 bits per heavy atom. The molecule has 1 aromatic carbocycles. The van der Waals surface area contributed by atoms with Gasteiger partial charge in [0.05, 0.1) is 15.6 Å². The number of pyridine rings is 1. The Morgan fingerprint density at radius 2 is 1.86 bits per heavy atom. The maximum Gasteiger partial charge on any atom is 0.431 e. The van der Waals surface area contributed by atoms with Crippen molar-refractivity contribution < 1.29 is 22.7 Å². The van der Waals surface area contributed by atoms with Crippen LogP contribution in [-0.4, -0.2) is 19.2 Å². The molecule has 0 radical (unpaired) electrons. The molecule has 0 saturated carbocycles. The molecule has 29 heavy (non-hydrogen) atoms. The molecule has 0 aliphatic carbocycles. The van der Waals surface area contributed by atoms with Gasteiger partial charge in [-0.2, -0.15) is 13.2 Å². The molecule has 1 N–H and O–H groups in total. The highest BCUT2D eigenvalue weighted by atomic mass is 35.5. The van der Waals surface area contributed by atoms with Gasteiger partial charge in [0.25, 0.3) is 5.56 Å². The van der Waals surface area contributed by atoms with Crippen LogP contribution in [-0.2, 0) is 13.2 Å². The summed E-state index contributed by atoms with van der Waals surface area (Å²) in [4.78, 5) is 28.7. The van der Waals surface area contributed by atoms with Crippen LogP contribution in [0.4, 0.5) is 17.6 Å². The number of hydrogen-bond acceptors (Lipinski definition) is 5. The third-order valence-corrected chi connectivity index (χ3v) is 5.34. The van der Waals surface area contributed by atoms with Crippen LogP contribution in [0.3, 0.4) is 0 Å². The minimum absolute atomic E-state index is 0.101. The normalized spacial score (nSPS) is 11.7. The SMILES string of the molecule is Cn1c(C(F)(F)F)cc(=O)n(-c2cc(Sc3cccnc3O)c(Cl)cc2F)c1=O. The lowest BCUT2D eigenvalue weighted by molar-refractivity contribution is -0.144. The van der Waals surface area contributed by atoms with E-state index in [2.05, 4.69) is 4.98 Å². The number of halogens is 5. The Morgan fingerprint density at radius 3 is 2.48 bits per heavy atom. The number of nitrogens with zero attached hydrogens (tertiary/aromatic N) is 3. The van der Waals surface area contributed by atoms with E-state index in [-0.39, 0.29) is 35.9 Å². The fourth-order valence-electron chi connectivity index (χ4n) is 2.47. The molecule has 12 heteroatoms. The lowest BCUT2D eigenvalue weighted by atomic mass is 10.3. The summed E-state index contributed by atoms with van der Waals surface area (Å²) >= 11 is 6.87. The first-order valence-electron chi connectivity index (χ1n) is 7.72. The molecule has 0 bridgehead atoms. The quantitative estimate of drug-likeness (QED) is 0.621. The van der Waals surface area contributed by atoms with Gasteiger partial charge in [-0.05, 0) is 24.3 Å². The first-order valence-corrected chi connectivity index (χ1v) is 8.91. The first-order chi connectivity index (χ1) is 13.5. The molecule has 0 unspecified atom stereocenters. The number of benzene rings is 1. The Kier molecular flexibility index (Phi) is 5.46. The maximum atomic E-state index is 14.5. The van der Waals surface area contributed by atoms with Crippen molar-refractivity contribution in [1.29, 1.82) is 0 Å². The number of rotatable bonds is 3. The highest BCUT2D eigenvalue weighted by Crippen LogP contribution is 2.38. The van der Waals surface area contributed by atoms with Gasteiger partial charge in [-0.3, -0.25) is 9.36 Å².